The normalized spacial score (nSPS) is 32.6. The number of fused-ring (bicyclic) bond motifs is 3. The summed E-state index contributed by atoms with van der Waals surface area (Å²) in [6, 6.07) is 2.83. The predicted molar refractivity (Wildman–Crippen MR) is 92.2 cm³/mol. The number of aromatic hydroxyl groups is 1. The van der Waals surface area contributed by atoms with Crippen molar-refractivity contribution >= 4 is 5.97 Å². The highest BCUT2D eigenvalue weighted by Crippen LogP contribution is 2.38. The van der Waals surface area contributed by atoms with Gasteiger partial charge in [0.2, 0.25) is 0 Å². The molecule has 0 aliphatic carbocycles. The number of esters is 1. The molecule has 1 aromatic carbocycles. The van der Waals surface area contributed by atoms with Gasteiger partial charge in [0.1, 0.15) is 23.2 Å². The van der Waals surface area contributed by atoms with E-state index in [4.69, 9.17) is 14.2 Å². The van der Waals surface area contributed by atoms with E-state index in [2.05, 4.69) is 0 Å². The molecule has 2 heterocycles. The zero-order valence-electron chi connectivity index (χ0n) is 15.1. The van der Waals surface area contributed by atoms with Gasteiger partial charge in [-0.1, -0.05) is 0 Å². The minimum Gasteiger partial charge on any atom is -0.507 e. The van der Waals surface area contributed by atoms with Crippen LogP contribution in [0, 0.1) is 0 Å². The van der Waals surface area contributed by atoms with E-state index in [9.17, 15) is 20.1 Å². The zero-order valence-corrected chi connectivity index (χ0v) is 15.1. The highest BCUT2D eigenvalue weighted by Gasteiger charge is 2.38. The highest BCUT2D eigenvalue weighted by atomic mass is 16.5. The lowest BCUT2D eigenvalue weighted by Crippen LogP contribution is -2.28. The number of methoxy groups -OCH3 is 1. The number of benzene rings is 1. The summed E-state index contributed by atoms with van der Waals surface area (Å²) in [5.41, 5.74) is 0.135. The molecule has 0 amide bonds. The third-order valence-electron chi connectivity index (χ3n) is 5.17. The van der Waals surface area contributed by atoms with Crippen molar-refractivity contribution in [2.24, 2.45) is 0 Å². The first kappa shape index (κ1) is 18.9. The summed E-state index contributed by atoms with van der Waals surface area (Å²) in [5.74, 6) is -0.679. The molecule has 0 radical (unpaired) electrons. The zero-order chi connectivity index (χ0) is 18.8. The Hall–Kier alpha value is -1.83. The third kappa shape index (κ3) is 3.79. The first-order chi connectivity index (χ1) is 12.4. The number of rotatable bonds is 1. The molecule has 144 valence electrons. The van der Waals surface area contributed by atoms with Crippen molar-refractivity contribution in [2.45, 2.75) is 69.5 Å². The Morgan fingerprint density at radius 2 is 1.85 bits per heavy atom. The largest absolute Gasteiger partial charge is 0.507 e. The first-order valence-corrected chi connectivity index (χ1v) is 9.04. The summed E-state index contributed by atoms with van der Waals surface area (Å²) >= 11 is 0. The van der Waals surface area contributed by atoms with Gasteiger partial charge in [-0.2, -0.15) is 0 Å². The number of hydrogen-bond donors (Lipinski definition) is 3. The number of phenolic OH excluding ortho intramolecular Hbond substituents is 1. The Bertz CT molecular complexity index is 660. The van der Waals surface area contributed by atoms with Crippen molar-refractivity contribution in [1.82, 2.24) is 0 Å². The maximum atomic E-state index is 12.6. The molecule has 7 heteroatoms. The molecule has 26 heavy (non-hydrogen) atoms. The van der Waals surface area contributed by atoms with Crippen LogP contribution in [0.1, 0.15) is 61.1 Å². The Morgan fingerprint density at radius 1 is 1.12 bits per heavy atom. The van der Waals surface area contributed by atoms with Gasteiger partial charge in [0.15, 0.2) is 0 Å². The molecule has 2 aliphatic heterocycles. The maximum Gasteiger partial charge on any atom is 0.342 e. The lowest BCUT2D eigenvalue weighted by molar-refractivity contribution is -0.0779. The smallest absolute Gasteiger partial charge is 0.342 e. The molecule has 0 aromatic heterocycles. The van der Waals surface area contributed by atoms with E-state index in [0.717, 1.165) is 0 Å². The van der Waals surface area contributed by atoms with Gasteiger partial charge in [-0.15, -0.1) is 0 Å². The minimum absolute atomic E-state index is 0.0722. The standard InChI is InChI=1S/C19H26O7/c1-10-4-3-5-13(20)15-6-7-16(26-15)18(22)12-8-11(24-2)9-14(21)17(12)19(23)25-10/h8-10,13,15-16,18,20-22H,3-7H2,1-2H3/t10-,13+,15+,16-,18+/m0/s1. The maximum absolute atomic E-state index is 12.6. The van der Waals surface area contributed by atoms with E-state index in [0.29, 0.717) is 37.9 Å². The Balaban J connectivity index is 2.02. The van der Waals surface area contributed by atoms with Gasteiger partial charge in [0.05, 0.1) is 31.5 Å². The molecule has 2 aliphatic rings. The molecule has 7 nitrogen and oxygen atoms in total. The van der Waals surface area contributed by atoms with Crippen LogP contribution in [0.5, 0.6) is 11.5 Å². The summed E-state index contributed by atoms with van der Waals surface area (Å²) in [4.78, 5) is 12.6. The van der Waals surface area contributed by atoms with Crippen LogP contribution in [0.4, 0.5) is 0 Å². The van der Waals surface area contributed by atoms with E-state index in [1.165, 1.54) is 19.2 Å². The summed E-state index contributed by atoms with van der Waals surface area (Å²) in [6.07, 6.45) is -0.0593. The van der Waals surface area contributed by atoms with Crippen LogP contribution in [-0.2, 0) is 9.47 Å². The van der Waals surface area contributed by atoms with E-state index in [-0.39, 0.29) is 29.1 Å². The van der Waals surface area contributed by atoms with Gasteiger partial charge in [-0.25, -0.2) is 4.79 Å². The van der Waals surface area contributed by atoms with Crippen molar-refractivity contribution in [3.05, 3.63) is 23.3 Å². The van der Waals surface area contributed by atoms with E-state index < -0.39 is 24.3 Å². The molecule has 5 atom stereocenters. The lowest BCUT2D eigenvalue weighted by atomic mass is 9.95. The fourth-order valence-electron chi connectivity index (χ4n) is 3.70. The van der Waals surface area contributed by atoms with Crippen LogP contribution >= 0.6 is 0 Å². The first-order valence-electron chi connectivity index (χ1n) is 9.04. The SMILES string of the molecule is COc1cc(O)c2c(c1)[C@@H](O)[C@@H]1CC[C@@H](O1)[C@H](O)CCC[C@H](C)OC2=O. The van der Waals surface area contributed by atoms with Crippen molar-refractivity contribution in [1.29, 1.82) is 0 Å². The minimum atomic E-state index is -1.15. The average Bonchev–Trinajstić information content (AvgIpc) is 3.09. The number of carbonyl (C=O) groups is 1. The Labute approximate surface area is 152 Å². The molecule has 3 rings (SSSR count). The monoisotopic (exact) mass is 366 g/mol. The van der Waals surface area contributed by atoms with Crippen LogP contribution in [-0.4, -0.2) is 52.8 Å². The number of ether oxygens (including phenoxy) is 3. The molecule has 1 aromatic rings. The number of aliphatic hydroxyl groups is 2. The molecular formula is C19H26O7. The van der Waals surface area contributed by atoms with Crippen LogP contribution in [0.3, 0.4) is 0 Å². The van der Waals surface area contributed by atoms with Gasteiger partial charge in [0, 0.05) is 11.6 Å². The van der Waals surface area contributed by atoms with E-state index in [1.807, 2.05) is 0 Å². The van der Waals surface area contributed by atoms with Crippen LogP contribution in [0.15, 0.2) is 12.1 Å². The van der Waals surface area contributed by atoms with Crippen molar-refractivity contribution in [3.63, 3.8) is 0 Å². The summed E-state index contributed by atoms with van der Waals surface area (Å²) in [7, 11) is 1.44. The van der Waals surface area contributed by atoms with Gasteiger partial charge in [-0.05, 0) is 45.1 Å². The number of carbonyl (C=O) groups excluding carboxylic acids is 1. The number of phenols is 1. The fraction of sp³-hybridized carbons (Fsp3) is 0.632. The Morgan fingerprint density at radius 3 is 2.58 bits per heavy atom. The van der Waals surface area contributed by atoms with Gasteiger partial charge < -0.3 is 29.5 Å². The predicted octanol–water partition coefficient (Wildman–Crippen LogP) is 2.07. The van der Waals surface area contributed by atoms with E-state index >= 15 is 0 Å². The molecule has 1 fully saturated rings. The lowest BCUT2D eigenvalue weighted by Gasteiger charge is -2.23. The molecule has 0 unspecified atom stereocenters. The van der Waals surface area contributed by atoms with E-state index in [1.54, 1.807) is 6.92 Å². The van der Waals surface area contributed by atoms with Crippen molar-refractivity contribution in [2.75, 3.05) is 7.11 Å². The topological polar surface area (TPSA) is 105 Å². The van der Waals surface area contributed by atoms with Crippen LogP contribution in [0.25, 0.3) is 0 Å². The van der Waals surface area contributed by atoms with Gasteiger partial charge in [0.25, 0.3) is 0 Å². The molecular weight excluding hydrogens is 340 g/mol. The second-order valence-corrected chi connectivity index (χ2v) is 7.06. The molecule has 0 spiro atoms. The van der Waals surface area contributed by atoms with Crippen molar-refractivity contribution < 1.29 is 34.3 Å². The third-order valence-corrected chi connectivity index (χ3v) is 5.17. The molecule has 0 saturated carbocycles. The average molecular weight is 366 g/mol. The number of aliphatic hydroxyl groups excluding tert-OH is 2. The highest BCUT2D eigenvalue weighted by molar-refractivity contribution is 5.94. The van der Waals surface area contributed by atoms with Crippen molar-refractivity contribution in [3.8, 4) is 11.5 Å². The van der Waals surface area contributed by atoms with Gasteiger partial charge >= 0.3 is 5.97 Å². The number of hydrogen-bond acceptors (Lipinski definition) is 7. The fourth-order valence-corrected chi connectivity index (χ4v) is 3.70. The quantitative estimate of drug-likeness (QED) is 0.653. The summed E-state index contributed by atoms with van der Waals surface area (Å²) in [6.45, 7) is 1.77. The second kappa shape index (κ2) is 7.82. The molecule has 3 N–H and O–H groups in total. The molecule has 1 saturated heterocycles. The van der Waals surface area contributed by atoms with Crippen LogP contribution < -0.4 is 4.74 Å². The summed E-state index contributed by atoms with van der Waals surface area (Å²) < 4.78 is 16.4. The summed E-state index contributed by atoms with van der Waals surface area (Å²) in [5, 5.41) is 31.5. The second-order valence-electron chi connectivity index (χ2n) is 7.06. The van der Waals surface area contributed by atoms with Crippen LogP contribution in [0.2, 0.25) is 0 Å². The van der Waals surface area contributed by atoms with Gasteiger partial charge in [-0.3, -0.25) is 0 Å². The molecule has 2 bridgehead atoms. The number of cyclic esters (lactones) is 1. The Kier molecular flexibility index (Phi) is 5.70.